The molecule has 0 aliphatic carbocycles. The normalized spacial score (nSPS) is 11.4. The minimum absolute atomic E-state index is 0.0316. The zero-order chi connectivity index (χ0) is 15.8. The molecule has 2 rings (SSSR count). The molecule has 112 valence electrons. The molecule has 0 unspecified atom stereocenters. The quantitative estimate of drug-likeness (QED) is 0.808. The van der Waals surface area contributed by atoms with Gasteiger partial charge >= 0.3 is 0 Å². The van der Waals surface area contributed by atoms with Crippen LogP contribution in [0.5, 0.6) is 0 Å². The Kier molecular flexibility index (Phi) is 4.25. The van der Waals surface area contributed by atoms with Crippen LogP contribution in [-0.4, -0.2) is 8.42 Å². The van der Waals surface area contributed by atoms with Crippen LogP contribution in [0, 0.1) is 19.7 Å². The molecule has 0 saturated carbocycles. The van der Waals surface area contributed by atoms with Crippen LogP contribution in [0.25, 0.3) is 0 Å². The summed E-state index contributed by atoms with van der Waals surface area (Å²) >= 11 is 3.05. The van der Waals surface area contributed by atoms with E-state index < -0.39 is 15.8 Å². The summed E-state index contributed by atoms with van der Waals surface area (Å²) in [6.07, 6.45) is 0. The van der Waals surface area contributed by atoms with Crippen molar-refractivity contribution in [3.63, 3.8) is 0 Å². The molecule has 4 nitrogen and oxygen atoms in total. The third kappa shape index (κ3) is 3.36. The standard InChI is InChI=1S/C14H14BrFN2O2S/c1-8-3-4-14(12(17)5-8)21(19,20)18-13-7-11(16)10(15)6-9(13)2/h3-7,18H,17H2,1-2H3. The molecular formula is C14H14BrFN2O2S. The summed E-state index contributed by atoms with van der Waals surface area (Å²) < 4.78 is 40.9. The molecule has 0 amide bonds. The lowest BCUT2D eigenvalue weighted by Gasteiger charge is -2.13. The summed E-state index contributed by atoms with van der Waals surface area (Å²) in [5.74, 6) is -0.546. The number of nitrogen functional groups attached to an aromatic ring is 1. The maximum absolute atomic E-state index is 13.6. The van der Waals surface area contributed by atoms with E-state index in [4.69, 9.17) is 5.73 Å². The van der Waals surface area contributed by atoms with Gasteiger partial charge in [0.15, 0.2) is 0 Å². The van der Waals surface area contributed by atoms with E-state index in [2.05, 4.69) is 20.7 Å². The van der Waals surface area contributed by atoms with Gasteiger partial charge in [-0.15, -0.1) is 0 Å². The maximum Gasteiger partial charge on any atom is 0.263 e. The number of hydrogen-bond acceptors (Lipinski definition) is 3. The van der Waals surface area contributed by atoms with Crippen molar-refractivity contribution in [1.82, 2.24) is 0 Å². The molecule has 3 N–H and O–H groups in total. The van der Waals surface area contributed by atoms with Gasteiger partial charge < -0.3 is 5.73 Å². The van der Waals surface area contributed by atoms with Crippen molar-refractivity contribution in [3.05, 3.63) is 51.7 Å². The Morgan fingerprint density at radius 3 is 2.48 bits per heavy atom. The minimum atomic E-state index is -3.87. The van der Waals surface area contributed by atoms with Crippen LogP contribution in [0.3, 0.4) is 0 Å². The van der Waals surface area contributed by atoms with Gasteiger partial charge in [-0.25, -0.2) is 12.8 Å². The molecule has 0 fully saturated rings. The van der Waals surface area contributed by atoms with E-state index >= 15 is 0 Å². The van der Waals surface area contributed by atoms with Gasteiger partial charge in [0, 0.05) is 0 Å². The number of anilines is 2. The Balaban J connectivity index is 2.45. The Bertz CT molecular complexity index is 807. The largest absolute Gasteiger partial charge is 0.398 e. The number of hydrogen-bond donors (Lipinski definition) is 2. The highest BCUT2D eigenvalue weighted by atomic mass is 79.9. The van der Waals surface area contributed by atoms with Crippen LogP contribution in [-0.2, 0) is 10.0 Å². The molecule has 0 spiro atoms. The van der Waals surface area contributed by atoms with E-state index in [9.17, 15) is 12.8 Å². The summed E-state index contributed by atoms with van der Waals surface area (Å²) in [5.41, 5.74) is 7.53. The first-order valence-corrected chi connectivity index (χ1v) is 8.33. The molecule has 2 aromatic carbocycles. The second kappa shape index (κ2) is 5.65. The van der Waals surface area contributed by atoms with Crippen LogP contribution in [0.4, 0.5) is 15.8 Å². The van der Waals surface area contributed by atoms with Crippen LogP contribution >= 0.6 is 15.9 Å². The summed E-state index contributed by atoms with van der Waals surface area (Å²) in [6.45, 7) is 3.50. The predicted octanol–water partition coefficient (Wildman–Crippen LogP) is 3.59. The molecule has 2 aromatic rings. The number of nitrogens with one attached hydrogen (secondary N) is 1. The van der Waals surface area contributed by atoms with E-state index in [1.807, 2.05) is 6.92 Å². The predicted molar refractivity (Wildman–Crippen MR) is 85.2 cm³/mol. The fraction of sp³-hybridized carbons (Fsp3) is 0.143. The summed E-state index contributed by atoms with van der Waals surface area (Å²) in [6, 6.07) is 7.29. The van der Waals surface area contributed by atoms with Gasteiger partial charge in [-0.2, -0.15) is 0 Å². The lowest BCUT2D eigenvalue weighted by Crippen LogP contribution is -2.15. The van der Waals surface area contributed by atoms with Crippen molar-refractivity contribution >= 4 is 37.3 Å². The van der Waals surface area contributed by atoms with Crippen molar-refractivity contribution in [2.75, 3.05) is 10.5 Å². The Morgan fingerprint density at radius 2 is 1.86 bits per heavy atom. The zero-order valence-electron chi connectivity index (χ0n) is 11.4. The van der Waals surface area contributed by atoms with Gasteiger partial charge in [0.05, 0.1) is 15.8 Å². The first kappa shape index (κ1) is 15.8. The van der Waals surface area contributed by atoms with Crippen LogP contribution < -0.4 is 10.5 Å². The zero-order valence-corrected chi connectivity index (χ0v) is 13.8. The molecule has 0 aliphatic rings. The van der Waals surface area contributed by atoms with Crippen molar-refractivity contribution in [2.45, 2.75) is 18.7 Å². The topological polar surface area (TPSA) is 72.2 Å². The minimum Gasteiger partial charge on any atom is -0.398 e. The number of benzene rings is 2. The fourth-order valence-corrected chi connectivity index (χ4v) is 3.56. The molecule has 7 heteroatoms. The van der Waals surface area contributed by atoms with Gasteiger partial charge in [0.25, 0.3) is 10.0 Å². The van der Waals surface area contributed by atoms with E-state index in [0.717, 1.165) is 11.6 Å². The molecule has 0 aliphatic heterocycles. The third-order valence-corrected chi connectivity index (χ3v) is 5.01. The van der Waals surface area contributed by atoms with Crippen LogP contribution in [0.1, 0.15) is 11.1 Å². The highest BCUT2D eigenvalue weighted by molar-refractivity contribution is 9.10. The number of halogens is 2. The average molecular weight is 373 g/mol. The highest BCUT2D eigenvalue weighted by Crippen LogP contribution is 2.27. The molecule has 0 saturated heterocycles. The van der Waals surface area contributed by atoms with Crippen LogP contribution in [0.15, 0.2) is 39.7 Å². The number of aryl methyl sites for hydroxylation is 2. The van der Waals surface area contributed by atoms with Crippen LogP contribution in [0.2, 0.25) is 0 Å². The van der Waals surface area contributed by atoms with Gasteiger partial charge in [0.1, 0.15) is 10.7 Å². The highest BCUT2D eigenvalue weighted by Gasteiger charge is 2.19. The number of nitrogens with two attached hydrogens (primary N) is 1. The second-order valence-corrected chi connectivity index (χ2v) is 7.23. The molecule has 0 heterocycles. The maximum atomic E-state index is 13.6. The van der Waals surface area contributed by atoms with Gasteiger partial charge in [-0.1, -0.05) is 6.07 Å². The molecule has 0 aromatic heterocycles. The summed E-state index contributed by atoms with van der Waals surface area (Å²) in [5, 5.41) is 0. The van der Waals surface area contributed by atoms with Crippen molar-refractivity contribution < 1.29 is 12.8 Å². The number of sulfonamides is 1. The summed E-state index contributed by atoms with van der Waals surface area (Å²) in [7, 11) is -3.87. The number of rotatable bonds is 3. The SMILES string of the molecule is Cc1ccc(S(=O)(=O)Nc2cc(F)c(Br)cc2C)c(N)c1. The third-order valence-electron chi connectivity index (χ3n) is 2.97. The summed E-state index contributed by atoms with van der Waals surface area (Å²) in [4.78, 5) is -0.0316. The van der Waals surface area contributed by atoms with Crippen molar-refractivity contribution in [1.29, 1.82) is 0 Å². The monoisotopic (exact) mass is 372 g/mol. The van der Waals surface area contributed by atoms with Crippen molar-refractivity contribution in [3.8, 4) is 0 Å². The Labute approximate surface area is 131 Å². The second-order valence-electron chi connectivity index (χ2n) is 4.73. The lowest BCUT2D eigenvalue weighted by molar-refractivity contribution is 0.601. The molecule has 21 heavy (non-hydrogen) atoms. The van der Waals surface area contributed by atoms with E-state index in [-0.39, 0.29) is 20.7 Å². The van der Waals surface area contributed by atoms with Gasteiger partial charge in [-0.05, 0) is 65.2 Å². The van der Waals surface area contributed by atoms with E-state index in [1.165, 1.54) is 12.1 Å². The Morgan fingerprint density at radius 1 is 1.19 bits per heavy atom. The smallest absolute Gasteiger partial charge is 0.263 e. The lowest BCUT2D eigenvalue weighted by atomic mass is 10.2. The molecule has 0 atom stereocenters. The molecular weight excluding hydrogens is 359 g/mol. The molecule has 0 bridgehead atoms. The average Bonchev–Trinajstić information content (AvgIpc) is 2.35. The Hall–Kier alpha value is -1.60. The van der Waals surface area contributed by atoms with E-state index in [1.54, 1.807) is 19.1 Å². The molecule has 0 radical (unpaired) electrons. The fourth-order valence-electron chi connectivity index (χ4n) is 1.87. The van der Waals surface area contributed by atoms with E-state index in [0.29, 0.717) is 5.56 Å². The first-order chi connectivity index (χ1) is 9.70. The first-order valence-electron chi connectivity index (χ1n) is 6.05. The van der Waals surface area contributed by atoms with Crippen molar-refractivity contribution in [2.24, 2.45) is 0 Å². The van der Waals surface area contributed by atoms with Gasteiger partial charge in [0.2, 0.25) is 0 Å². The van der Waals surface area contributed by atoms with Gasteiger partial charge in [-0.3, -0.25) is 4.72 Å².